The third-order valence-corrected chi connectivity index (χ3v) is 13.2. The van der Waals surface area contributed by atoms with E-state index in [-0.39, 0.29) is 0 Å². The number of ether oxygens (including phenoxy) is 1. The number of hydrogen-bond acceptors (Lipinski definition) is 2. The number of hydrogen-bond donors (Lipinski definition) is 0. The molecule has 9 aromatic carbocycles. The summed E-state index contributed by atoms with van der Waals surface area (Å²) < 4.78 is 9.37. The average Bonchev–Trinajstić information content (AvgIpc) is 3.78. The molecule has 2 aliphatic rings. The van der Waals surface area contributed by atoms with Crippen molar-refractivity contribution in [1.82, 2.24) is 0 Å². The molecule has 0 spiro atoms. The largest absolute Gasteiger partial charge is 0.456 e. The fraction of sp³-hybridized carbons (Fsp3) is 0.0189. The molecule has 1 aromatic heterocycles. The molecule has 0 saturated carbocycles. The Kier molecular flexibility index (Phi) is 6.49. The average molecular weight is 717 g/mol. The molecule has 0 saturated heterocycles. The van der Waals surface area contributed by atoms with Crippen LogP contribution in [0.3, 0.4) is 0 Å². The first-order chi connectivity index (χ1) is 27.3. The quantitative estimate of drug-likeness (QED) is 0.176. The lowest BCUT2D eigenvalue weighted by Crippen LogP contribution is -2.28. The van der Waals surface area contributed by atoms with Crippen LogP contribution in [0.2, 0.25) is 0 Å². The Morgan fingerprint density at radius 2 is 0.964 bits per heavy atom. The maximum absolute atomic E-state index is 6.73. The van der Waals surface area contributed by atoms with E-state index in [1.165, 1.54) is 86.8 Å². The molecule has 2 heterocycles. The highest BCUT2D eigenvalue weighted by Crippen LogP contribution is 2.57. The van der Waals surface area contributed by atoms with Crippen molar-refractivity contribution in [2.24, 2.45) is 0 Å². The molecule has 0 atom stereocenters. The van der Waals surface area contributed by atoms with Gasteiger partial charge in [0.1, 0.15) is 11.5 Å². The molecular formula is C53H32OS. The highest BCUT2D eigenvalue weighted by Gasteiger charge is 2.46. The van der Waals surface area contributed by atoms with Gasteiger partial charge in [0.15, 0.2) is 0 Å². The monoisotopic (exact) mass is 716 g/mol. The van der Waals surface area contributed by atoms with Gasteiger partial charge in [0, 0.05) is 31.1 Å². The Hall–Kier alpha value is -6.74. The number of fused-ring (bicyclic) bond motifs is 8. The van der Waals surface area contributed by atoms with Crippen LogP contribution in [0, 0.1) is 0 Å². The Bertz CT molecular complexity index is 3130. The first-order valence-electron chi connectivity index (χ1n) is 18.9. The van der Waals surface area contributed by atoms with Gasteiger partial charge in [-0.15, -0.1) is 11.3 Å². The van der Waals surface area contributed by atoms with Crippen LogP contribution in [-0.2, 0) is 5.41 Å². The molecule has 0 amide bonds. The molecule has 10 aromatic rings. The van der Waals surface area contributed by atoms with Gasteiger partial charge in [-0.1, -0.05) is 164 Å². The Labute approximate surface area is 323 Å². The molecular weight excluding hydrogens is 685 g/mol. The van der Waals surface area contributed by atoms with Crippen LogP contribution in [0.1, 0.15) is 22.3 Å². The zero-order valence-electron chi connectivity index (χ0n) is 29.8. The third kappa shape index (κ3) is 4.29. The minimum Gasteiger partial charge on any atom is -0.456 e. The molecule has 0 bridgehead atoms. The van der Waals surface area contributed by atoms with E-state index >= 15 is 0 Å². The summed E-state index contributed by atoms with van der Waals surface area (Å²) in [6, 6.07) is 71.4. The second kappa shape index (κ2) is 11.6. The molecule has 1 aliphatic heterocycles. The SMILES string of the molecule is c1ccc(C2(c3ccccc3)c3ccccc3-c3ccc(-c4ccc5c6c(cccc46)-c4cc(-c6cccc7c6sc6ccccc67)ccc4O5)cc32)cc1. The van der Waals surface area contributed by atoms with E-state index in [2.05, 4.69) is 194 Å². The highest BCUT2D eigenvalue weighted by molar-refractivity contribution is 7.26. The predicted molar refractivity (Wildman–Crippen MR) is 231 cm³/mol. The lowest BCUT2D eigenvalue weighted by molar-refractivity contribution is 0.487. The molecule has 0 radical (unpaired) electrons. The summed E-state index contributed by atoms with van der Waals surface area (Å²) in [5.74, 6) is 1.79. The number of thiophene rings is 1. The number of rotatable bonds is 4. The standard InChI is InChI=1S/C53H32OS/c1-3-13-35(14-4-1)53(36-15-5-2-6-16-36)46-23-9-7-17-39(46)40-27-25-34(32-47(40)53)37-28-30-49-51-42(37)20-12-21-43(51)45-31-33(26-29-48(45)54-49)38-19-11-22-44-41-18-8-10-24-50(41)55-52(38)44/h1-32H. The second-order valence-corrected chi connectivity index (χ2v) is 15.8. The van der Waals surface area contributed by atoms with Crippen LogP contribution >= 0.6 is 11.3 Å². The van der Waals surface area contributed by atoms with Gasteiger partial charge in [-0.05, 0) is 96.9 Å². The predicted octanol–water partition coefficient (Wildman–Crippen LogP) is 14.7. The Morgan fingerprint density at radius 3 is 1.80 bits per heavy atom. The van der Waals surface area contributed by atoms with E-state index in [0.717, 1.165) is 22.4 Å². The van der Waals surface area contributed by atoms with E-state index < -0.39 is 5.41 Å². The summed E-state index contributed by atoms with van der Waals surface area (Å²) in [5.41, 5.74) is 14.5. The van der Waals surface area contributed by atoms with Gasteiger partial charge in [0.25, 0.3) is 0 Å². The normalized spacial score (nSPS) is 13.4. The van der Waals surface area contributed by atoms with E-state index in [1.807, 2.05) is 11.3 Å². The molecule has 1 aliphatic carbocycles. The van der Waals surface area contributed by atoms with Gasteiger partial charge >= 0.3 is 0 Å². The molecule has 1 nitrogen and oxygen atoms in total. The molecule has 0 unspecified atom stereocenters. The fourth-order valence-corrected chi connectivity index (χ4v) is 10.9. The van der Waals surface area contributed by atoms with Crippen molar-refractivity contribution in [3.63, 3.8) is 0 Å². The second-order valence-electron chi connectivity index (χ2n) is 14.7. The van der Waals surface area contributed by atoms with Gasteiger partial charge in [0.05, 0.1) is 5.41 Å². The van der Waals surface area contributed by atoms with Crippen molar-refractivity contribution >= 4 is 42.3 Å². The smallest absolute Gasteiger partial charge is 0.135 e. The third-order valence-electron chi connectivity index (χ3n) is 12.0. The van der Waals surface area contributed by atoms with E-state index in [4.69, 9.17) is 4.74 Å². The summed E-state index contributed by atoms with van der Waals surface area (Å²) in [4.78, 5) is 0. The first kappa shape index (κ1) is 30.7. The maximum Gasteiger partial charge on any atom is 0.135 e. The van der Waals surface area contributed by atoms with Crippen molar-refractivity contribution in [2.75, 3.05) is 0 Å². The summed E-state index contributed by atoms with van der Waals surface area (Å²) in [5, 5.41) is 4.98. The molecule has 256 valence electrons. The van der Waals surface area contributed by atoms with Gasteiger partial charge < -0.3 is 4.74 Å². The van der Waals surface area contributed by atoms with E-state index in [9.17, 15) is 0 Å². The topological polar surface area (TPSA) is 9.23 Å². The summed E-state index contributed by atoms with van der Waals surface area (Å²) in [7, 11) is 0. The zero-order valence-corrected chi connectivity index (χ0v) is 30.6. The Balaban J connectivity index is 1.05. The molecule has 2 heteroatoms. The fourth-order valence-electron chi connectivity index (χ4n) is 9.64. The van der Waals surface area contributed by atoms with Crippen LogP contribution in [0.5, 0.6) is 11.5 Å². The van der Waals surface area contributed by atoms with Gasteiger partial charge in [-0.2, -0.15) is 0 Å². The van der Waals surface area contributed by atoms with Gasteiger partial charge in [-0.25, -0.2) is 0 Å². The van der Waals surface area contributed by atoms with Crippen molar-refractivity contribution in [3.05, 3.63) is 216 Å². The van der Waals surface area contributed by atoms with Crippen molar-refractivity contribution in [3.8, 4) is 56.0 Å². The van der Waals surface area contributed by atoms with Crippen molar-refractivity contribution in [1.29, 1.82) is 0 Å². The molecule has 55 heavy (non-hydrogen) atoms. The van der Waals surface area contributed by atoms with Crippen LogP contribution < -0.4 is 4.74 Å². The van der Waals surface area contributed by atoms with Crippen LogP contribution in [0.4, 0.5) is 0 Å². The van der Waals surface area contributed by atoms with Crippen LogP contribution in [0.15, 0.2) is 194 Å². The minimum absolute atomic E-state index is 0.452. The summed E-state index contributed by atoms with van der Waals surface area (Å²) in [6.07, 6.45) is 0. The van der Waals surface area contributed by atoms with Crippen LogP contribution in [-0.4, -0.2) is 0 Å². The van der Waals surface area contributed by atoms with Gasteiger partial charge in [0.2, 0.25) is 0 Å². The summed E-state index contributed by atoms with van der Waals surface area (Å²) >= 11 is 1.87. The Morgan fingerprint density at radius 1 is 0.364 bits per heavy atom. The highest BCUT2D eigenvalue weighted by atomic mass is 32.1. The maximum atomic E-state index is 6.73. The lowest BCUT2D eigenvalue weighted by atomic mass is 9.67. The molecule has 0 fully saturated rings. The zero-order chi connectivity index (χ0) is 36.1. The minimum atomic E-state index is -0.452. The molecule has 0 N–H and O–H groups in total. The van der Waals surface area contributed by atoms with E-state index in [1.54, 1.807) is 0 Å². The van der Waals surface area contributed by atoms with E-state index in [0.29, 0.717) is 0 Å². The molecule has 12 rings (SSSR count). The van der Waals surface area contributed by atoms with Crippen molar-refractivity contribution < 1.29 is 4.74 Å². The van der Waals surface area contributed by atoms with Crippen molar-refractivity contribution in [2.45, 2.75) is 5.41 Å². The number of benzene rings is 9. The first-order valence-corrected chi connectivity index (χ1v) is 19.7. The summed E-state index contributed by atoms with van der Waals surface area (Å²) in [6.45, 7) is 0. The lowest BCUT2D eigenvalue weighted by Gasteiger charge is -2.34. The van der Waals surface area contributed by atoms with Gasteiger partial charge in [-0.3, -0.25) is 0 Å². The van der Waals surface area contributed by atoms with Crippen LogP contribution in [0.25, 0.3) is 75.5 Å².